The van der Waals surface area contributed by atoms with Crippen LogP contribution in [0, 0.1) is 21.8 Å². The topological polar surface area (TPSA) is 61.4 Å². The van der Waals surface area contributed by atoms with Crippen molar-refractivity contribution in [2.24, 2.45) is 11.3 Å². The second-order valence-corrected chi connectivity index (χ2v) is 11.2. The summed E-state index contributed by atoms with van der Waals surface area (Å²) < 4.78 is 56.6. The highest BCUT2D eigenvalue weighted by molar-refractivity contribution is 14.1. The molecule has 11 heteroatoms. The molecule has 2 atom stereocenters. The Kier molecular flexibility index (Phi) is 5.92. The Labute approximate surface area is 214 Å². The van der Waals surface area contributed by atoms with Gasteiger partial charge < -0.3 is 15.1 Å². The number of alkyl halides is 4. The van der Waals surface area contributed by atoms with Gasteiger partial charge in [-0.3, -0.25) is 4.79 Å². The minimum Gasteiger partial charge on any atom is -0.370 e. The Hall–Kier alpha value is -2.18. The van der Waals surface area contributed by atoms with Crippen molar-refractivity contribution in [3.05, 3.63) is 39.1 Å². The van der Waals surface area contributed by atoms with Crippen LogP contribution in [-0.2, 0) is 0 Å². The Morgan fingerprint density at radius 2 is 1.74 bits per heavy atom. The lowest BCUT2D eigenvalue weighted by molar-refractivity contribution is -0.0222. The third-order valence-corrected chi connectivity index (χ3v) is 8.27. The lowest BCUT2D eigenvalue weighted by Crippen LogP contribution is -2.40. The van der Waals surface area contributed by atoms with Gasteiger partial charge in [0.2, 0.25) is 5.95 Å². The quantitative estimate of drug-likeness (QED) is 0.377. The fraction of sp³-hybridized carbons (Fsp3) is 0.542. The van der Waals surface area contributed by atoms with E-state index in [4.69, 9.17) is 0 Å². The average molecular weight is 603 g/mol. The van der Waals surface area contributed by atoms with Gasteiger partial charge in [0, 0.05) is 59.8 Å². The number of aromatic nitrogens is 2. The van der Waals surface area contributed by atoms with Crippen LogP contribution in [-0.4, -0.2) is 53.9 Å². The maximum Gasteiger partial charge on any atom is 0.259 e. The molecule has 0 radical (unpaired) electrons. The third kappa shape index (κ3) is 4.44. The van der Waals surface area contributed by atoms with Crippen molar-refractivity contribution in [1.29, 1.82) is 0 Å². The van der Waals surface area contributed by atoms with Gasteiger partial charge in [0.15, 0.2) is 0 Å². The number of benzene rings is 1. The first kappa shape index (κ1) is 24.5. The number of nitrogens with one attached hydrogen (secondary N) is 1. The molecule has 1 saturated carbocycles. The molecule has 35 heavy (non-hydrogen) atoms. The zero-order valence-corrected chi connectivity index (χ0v) is 21.6. The van der Waals surface area contributed by atoms with Crippen molar-refractivity contribution >= 4 is 46.0 Å². The predicted octanol–water partition coefficient (Wildman–Crippen LogP) is 5.36. The van der Waals surface area contributed by atoms with E-state index in [2.05, 4.69) is 37.9 Å². The molecule has 2 aromatic rings. The van der Waals surface area contributed by atoms with Crippen molar-refractivity contribution in [2.45, 2.75) is 45.0 Å². The molecule has 2 aliphatic heterocycles. The number of hydrogen-bond acceptors (Lipinski definition) is 5. The molecule has 0 bridgehead atoms. The second-order valence-electron chi connectivity index (χ2n) is 9.94. The standard InChI is InChI=1S/C24H26F4IN5O/c1-14-11-19(32-21(30-14)33-9-6-23(25,26)7-10-33)31-20(35)16-4-3-15(29)12-17(16)34-8-5-22(2)18(13-34)24(22,27)28/h3-4,11-12,18H,5-10,13H2,1-2H3,(H,30,31,32,35). The summed E-state index contributed by atoms with van der Waals surface area (Å²) in [4.78, 5) is 25.6. The number of carbonyl (C=O) groups is 1. The minimum atomic E-state index is -2.69. The van der Waals surface area contributed by atoms with Crippen LogP contribution in [0.2, 0.25) is 0 Å². The molecular formula is C24H26F4IN5O. The number of carbonyl (C=O) groups excluding carboxylic acids is 1. The zero-order valence-electron chi connectivity index (χ0n) is 19.4. The van der Waals surface area contributed by atoms with Crippen molar-refractivity contribution in [3.8, 4) is 0 Å². The first-order valence-corrected chi connectivity index (χ1v) is 12.7. The summed E-state index contributed by atoms with van der Waals surface area (Å²) >= 11 is 2.14. The normalized spacial score (nSPS) is 26.8. The summed E-state index contributed by atoms with van der Waals surface area (Å²) in [5, 5.41) is 2.80. The Morgan fingerprint density at radius 3 is 2.43 bits per heavy atom. The Balaban J connectivity index is 1.36. The molecule has 5 rings (SSSR count). The summed E-state index contributed by atoms with van der Waals surface area (Å²) in [6.07, 6.45) is -0.180. The smallest absolute Gasteiger partial charge is 0.259 e. The third-order valence-electron chi connectivity index (χ3n) is 7.60. The highest BCUT2D eigenvalue weighted by Gasteiger charge is 2.78. The van der Waals surface area contributed by atoms with Gasteiger partial charge >= 0.3 is 0 Å². The van der Waals surface area contributed by atoms with Crippen molar-refractivity contribution < 1.29 is 22.4 Å². The van der Waals surface area contributed by atoms with E-state index in [-0.39, 0.29) is 38.3 Å². The molecule has 1 aromatic heterocycles. The highest BCUT2D eigenvalue weighted by atomic mass is 127. The second kappa shape index (κ2) is 8.45. The Morgan fingerprint density at radius 1 is 1.06 bits per heavy atom. The van der Waals surface area contributed by atoms with Crippen LogP contribution in [0.1, 0.15) is 42.2 Å². The van der Waals surface area contributed by atoms with E-state index >= 15 is 0 Å². The zero-order chi connectivity index (χ0) is 25.2. The predicted molar refractivity (Wildman–Crippen MR) is 134 cm³/mol. The van der Waals surface area contributed by atoms with Gasteiger partial charge in [0.25, 0.3) is 17.8 Å². The molecule has 3 aliphatic rings. The molecule has 1 amide bonds. The molecule has 188 valence electrons. The minimum absolute atomic E-state index is 0.130. The number of rotatable bonds is 4. The molecule has 2 saturated heterocycles. The van der Waals surface area contributed by atoms with Gasteiger partial charge in [0.1, 0.15) is 5.82 Å². The van der Waals surface area contributed by atoms with Gasteiger partial charge in [-0.2, -0.15) is 4.98 Å². The molecule has 3 heterocycles. The van der Waals surface area contributed by atoms with Crippen LogP contribution in [0.3, 0.4) is 0 Å². The molecule has 6 nitrogen and oxygen atoms in total. The van der Waals surface area contributed by atoms with Crippen LogP contribution in [0.25, 0.3) is 0 Å². The van der Waals surface area contributed by atoms with E-state index in [1.807, 2.05) is 11.0 Å². The largest absolute Gasteiger partial charge is 0.370 e. The fourth-order valence-electron chi connectivity index (χ4n) is 5.16. The van der Waals surface area contributed by atoms with E-state index in [9.17, 15) is 22.4 Å². The lowest BCUT2D eigenvalue weighted by atomic mass is 9.96. The van der Waals surface area contributed by atoms with E-state index < -0.39 is 29.1 Å². The first-order valence-electron chi connectivity index (χ1n) is 11.6. The maximum absolute atomic E-state index is 14.3. The van der Waals surface area contributed by atoms with E-state index in [0.717, 1.165) is 3.57 Å². The van der Waals surface area contributed by atoms with Gasteiger partial charge in [0.05, 0.1) is 17.2 Å². The van der Waals surface area contributed by atoms with Gasteiger partial charge in [-0.05, 0) is 54.1 Å². The number of hydrogen-bond donors (Lipinski definition) is 1. The summed E-state index contributed by atoms with van der Waals surface area (Å²) in [5.41, 5.74) is 0.620. The molecule has 1 aromatic carbocycles. The number of anilines is 3. The number of fused-ring (bicyclic) bond motifs is 1. The number of aryl methyl sites for hydroxylation is 1. The van der Waals surface area contributed by atoms with Crippen molar-refractivity contribution in [2.75, 3.05) is 41.3 Å². The number of halogens is 5. The van der Waals surface area contributed by atoms with E-state index in [1.54, 1.807) is 36.9 Å². The van der Waals surface area contributed by atoms with Crippen LogP contribution in [0.15, 0.2) is 24.3 Å². The average Bonchev–Trinajstić information content (AvgIpc) is 3.24. The SMILES string of the molecule is Cc1cc(NC(=O)c2ccc(I)cc2N2CCC3(C)C(C2)C3(F)F)nc(N2CCC(F)(F)CC2)n1. The van der Waals surface area contributed by atoms with Gasteiger partial charge in [-0.25, -0.2) is 22.5 Å². The van der Waals surface area contributed by atoms with Crippen molar-refractivity contribution in [3.63, 3.8) is 0 Å². The van der Waals surface area contributed by atoms with Gasteiger partial charge in [-0.15, -0.1) is 0 Å². The molecular weight excluding hydrogens is 577 g/mol. The first-order chi connectivity index (χ1) is 16.4. The summed E-state index contributed by atoms with van der Waals surface area (Å²) in [5.74, 6) is -5.94. The molecule has 1 aliphatic carbocycles. The van der Waals surface area contributed by atoms with E-state index in [0.29, 0.717) is 35.9 Å². The summed E-state index contributed by atoms with van der Waals surface area (Å²) in [7, 11) is 0. The summed E-state index contributed by atoms with van der Waals surface area (Å²) in [6, 6.07) is 6.93. The monoisotopic (exact) mass is 603 g/mol. The molecule has 0 spiro atoms. The number of nitrogens with zero attached hydrogens (tertiary/aromatic N) is 4. The lowest BCUT2D eigenvalue weighted by Gasteiger charge is -2.32. The van der Waals surface area contributed by atoms with Crippen LogP contribution in [0.5, 0.6) is 0 Å². The van der Waals surface area contributed by atoms with Crippen molar-refractivity contribution in [1.82, 2.24) is 9.97 Å². The number of amides is 1. The molecule has 2 unspecified atom stereocenters. The summed E-state index contributed by atoms with van der Waals surface area (Å²) in [6.45, 7) is 4.28. The molecule has 3 fully saturated rings. The number of piperidine rings is 2. The van der Waals surface area contributed by atoms with Crippen LogP contribution in [0.4, 0.5) is 35.0 Å². The van der Waals surface area contributed by atoms with E-state index in [1.165, 1.54) is 0 Å². The Bertz CT molecular complexity index is 1170. The molecule has 1 N–H and O–H groups in total. The van der Waals surface area contributed by atoms with Gasteiger partial charge in [-0.1, -0.05) is 6.92 Å². The fourth-order valence-corrected chi connectivity index (χ4v) is 5.64. The highest BCUT2D eigenvalue weighted by Crippen LogP contribution is 2.69. The van der Waals surface area contributed by atoms with Crippen LogP contribution >= 0.6 is 22.6 Å². The van der Waals surface area contributed by atoms with Crippen LogP contribution < -0.4 is 15.1 Å². The maximum atomic E-state index is 14.3.